The zero-order chi connectivity index (χ0) is 16.1. The third-order valence-corrected chi connectivity index (χ3v) is 5.23. The Balaban J connectivity index is 1.52. The fraction of sp³-hybridized carbons (Fsp3) is 0.188. The minimum atomic E-state index is -0.0193. The molecule has 0 aliphatic rings. The van der Waals surface area contributed by atoms with E-state index in [1.807, 2.05) is 35.7 Å². The van der Waals surface area contributed by atoms with E-state index in [1.165, 1.54) is 18.1 Å². The van der Waals surface area contributed by atoms with E-state index in [9.17, 15) is 4.79 Å². The van der Waals surface area contributed by atoms with Crippen LogP contribution in [0.5, 0.6) is 5.75 Å². The Morgan fingerprint density at radius 3 is 2.87 bits per heavy atom. The Hall–Kier alpha value is -2.12. The third-order valence-electron chi connectivity index (χ3n) is 3.20. The number of aromatic nitrogens is 2. The first-order chi connectivity index (χ1) is 11.3. The van der Waals surface area contributed by atoms with E-state index in [0.717, 1.165) is 26.6 Å². The monoisotopic (exact) mass is 345 g/mol. The molecule has 0 aliphatic carbocycles. The molecule has 2 aromatic heterocycles. The number of carbonyl (C=O) groups excluding carboxylic acids is 1. The van der Waals surface area contributed by atoms with Gasteiger partial charge in [0.15, 0.2) is 0 Å². The number of methoxy groups -OCH3 is 1. The van der Waals surface area contributed by atoms with Gasteiger partial charge in [0.1, 0.15) is 17.1 Å². The fourth-order valence-corrected chi connectivity index (χ4v) is 3.77. The molecular weight excluding hydrogens is 330 g/mol. The van der Waals surface area contributed by atoms with Crippen molar-refractivity contribution in [3.05, 3.63) is 47.6 Å². The van der Waals surface area contributed by atoms with Crippen LogP contribution in [0.1, 0.15) is 5.56 Å². The lowest BCUT2D eigenvalue weighted by molar-refractivity contribution is -0.118. The van der Waals surface area contributed by atoms with Gasteiger partial charge in [0.25, 0.3) is 0 Å². The topological polar surface area (TPSA) is 64.1 Å². The molecule has 5 nitrogen and oxygen atoms in total. The first kappa shape index (κ1) is 15.8. The minimum Gasteiger partial charge on any atom is -0.497 e. The smallest absolute Gasteiger partial charge is 0.230 e. The summed E-state index contributed by atoms with van der Waals surface area (Å²) in [6.07, 6.45) is 1.53. The number of amides is 1. The first-order valence-electron chi connectivity index (χ1n) is 6.97. The molecule has 0 bridgehead atoms. The summed E-state index contributed by atoms with van der Waals surface area (Å²) in [5.74, 6) is 1.12. The summed E-state index contributed by atoms with van der Waals surface area (Å²) in [5, 5.41) is 5.74. The number of ether oxygens (including phenoxy) is 1. The summed E-state index contributed by atoms with van der Waals surface area (Å²) in [7, 11) is 1.63. The molecule has 1 N–H and O–H groups in total. The highest BCUT2D eigenvalue weighted by Gasteiger charge is 2.08. The maximum absolute atomic E-state index is 12.0. The van der Waals surface area contributed by atoms with Crippen LogP contribution in [0.25, 0.3) is 10.2 Å². The zero-order valence-electron chi connectivity index (χ0n) is 12.5. The molecule has 7 heteroatoms. The number of hydrogen-bond donors (Lipinski definition) is 1. The molecule has 0 atom stereocenters. The second kappa shape index (κ2) is 7.43. The van der Waals surface area contributed by atoms with Crippen molar-refractivity contribution >= 4 is 39.2 Å². The van der Waals surface area contributed by atoms with Crippen molar-refractivity contribution < 1.29 is 9.53 Å². The van der Waals surface area contributed by atoms with E-state index in [-0.39, 0.29) is 5.91 Å². The average molecular weight is 345 g/mol. The van der Waals surface area contributed by atoms with E-state index < -0.39 is 0 Å². The molecule has 3 rings (SSSR count). The molecule has 0 saturated carbocycles. The van der Waals surface area contributed by atoms with Gasteiger partial charge in [-0.25, -0.2) is 9.97 Å². The Morgan fingerprint density at radius 1 is 1.26 bits per heavy atom. The van der Waals surface area contributed by atoms with Gasteiger partial charge in [-0.1, -0.05) is 23.9 Å². The highest BCUT2D eigenvalue weighted by atomic mass is 32.2. The van der Waals surface area contributed by atoms with Gasteiger partial charge < -0.3 is 10.1 Å². The molecule has 0 radical (unpaired) electrons. The maximum Gasteiger partial charge on any atom is 0.230 e. The van der Waals surface area contributed by atoms with Crippen molar-refractivity contribution in [2.24, 2.45) is 0 Å². The van der Waals surface area contributed by atoms with Crippen molar-refractivity contribution in [1.82, 2.24) is 15.3 Å². The van der Waals surface area contributed by atoms with E-state index in [2.05, 4.69) is 15.3 Å². The molecule has 0 spiro atoms. The van der Waals surface area contributed by atoms with Crippen LogP contribution in [0.3, 0.4) is 0 Å². The molecule has 0 aliphatic heterocycles. The van der Waals surface area contributed by atoms with Gasteiger partial charge >= 0.3 is 0 Å². The standard InChI is InChI=1S/C16H15N3O2S2/c1-21-12-4-2-11(3-5-12)8-17-14(20)9-23-16-15-13(6-7-22-15)18-10-19-16/h2-7,10H,8-9H2,1H3,(H,17,20). The van der Waals surface area contributed by atoms with Gasteiger partial charge in [-0.2, -0.15) is 0 Å². The fourth-order valence-electron chi connectivity index (χ4n) is 2.00. The predicted molar refractivity (Wildman–Crippen MR) is 93.0 cm³/mol. The van der Waals surface area contributed by atoms with Crippen LogP contribution in [0.15, 0.2) is 47.1 Å². The van der Waals surface area contributed by atoms with E-state index in [4.69, 9.17) is 4.74 Å². The number of thiophene rings is 1. The summed E-state index contributed by atoms with van der Waals surface area (Å²) in [6.45, 7) is 0.502. The highest BCUT2D eigenvalue weighted by molar-refractivity contribution is 8.00. The SMILES string of the molecule is COc1ccc(CNC(=O)CSc2ncnc3ccsc23)cc1. The average Bonchev–Trinajstić information content (AvgIpc) is 3.07. The number of nitrogens with one attached hydrogen (secondary N) is 1. The zero-order valence-corrected chi connectivity index (χ0v) is 14.1. The second-order valence-electron chi connectivity index (χ2n) is 4.73. The largest absolute Gasteiger partial charge is 0.497 e. The van der Waals surface area contributed by atoms with Gasteiger partial charge in [-0.05, 0) is 29.1 Å². The molecule has 1 aromatic carbocycles. The molecule has 0 fully saturated rings. The van der Waals surface area contributed by atoms with Crippen molar-refractivity contribution in [2.75, 3.05) is 12.9 Å². The Morgan fingerprint density at radius 2 is 2.09 bits per heavy atom. The Bertz CT molecular complexity index is 802. The third kappa shape index (κ3) is 4.00. The molecular formula is C16H15N3O2S2. The molecule has 3 aromatic rings. The lowest BCUT2D eigenvalue weighted by atomic mass is 10.2. The predicted octanol–water partition coefficient (Wildman–Crippen LogP) is 3.11. The number of hydrogen-bond acceptors (Lipinski definition) is 6. The lowest BCUT2D eigenvalue weighted by Gasteiger charge is -2.06. The van der Waals surface area contributed by atoms with Crippen molar-refractivity contribution in [3.63, 3.8) is 0 Å². The molecule has 0 saturated heterocycles. The van der Waals surface area contributed by atoms with Gasteiger partial charge in [-0.3, -0.25) is 4.79 Å². The van der Waals surface area contributed by atoms with Gasteiger partial charge in [0, 0.05) is 6.54 Å². The number of thioether (sulfide) groups is 1. The van der Waals surface area contributed by atoms with Crippen molar-refractivity contribution in [2.45, 2.75) is 11.6 Å². The van der Waals surface area contributed by atoms with E-state index in [0.29, 0.717) is 12.3 Å². The Kier molecular flexibility index (Phi) is 5.09. The number of fused-ring (bicyclic) bond motifs is 1. The highest BCUT2D eigenvalue weighted by Crippen LogP contribution is 2.28. The molecule has 118 valence electrons. The summed E-state index contributed by atoms with van der Waals surface area (Å²) >= 11 is 3.02. The van der Waals surface area contributed by atoms with Crippen LogP contribution in [0.4, 0.5) is 0 Å². The summed E-state index contributed by atoms with van der Waals surface area (Å²) in [5.41, 5.74) is 1.96. The van der Waals surface area contributed by atoms with E-state index >= 15 is 0 Å². The van der Waals surface area contributed by atoms with Crippen LogP contribution in [0, 0.1) is 0 Å². The number of benzene rings is 1. The summed E-state index contributed by atoms with van der Waals surface area (Å²) in [4.78, 5) is 20.4. The summed E-state index contributed by atoms with van der Waals surface area (Å²) in [6, 6.07) is 9.59. The quantitative estimate of drug-likeness (QED) is 0.549. The van der Waals surface area contributed by atoms with Crippen LogP contribution in [-0.2, 0) is 11.3 Å². The lowest BCUT2D eigenvalue weighted by Crippen LogP contribution is -2.24. The van der Waals surface area contributed by atoms with Crippen LogP contribution in [0.2, 0.25) is 0 Å². The van der Waals surface area contributed by atoms with Gasteiger partial charge in [0.2, 0.25) is 5.91 Å². The van der Waals surface area contributed by atoms with Crippen molar-refractivity contribution in [1.29, 1.82) is 0 Å². The normalized spacial score (nSPS) is 10.7. The maximum atomic E-state index is 12.0. The number of carbonyl (C=O) groups is 1. The minimum absolute atomic E-state index is 0.0193. The van der Waals surface area contributed by atoms with Crippen LogP contribution >= 0.6 is 23.1 Å². The van der Waals surface area contributed by atoms with Crippen LogP contribution in [-0.4, -0.2) is 28.7 Å². The molecule has 23 heavy (non-hydrogen) atoms. The van der Waals surface area contributed by atoms with Gasteiger partial charge in [-0.15, -0.1) is 11.3 Å². The summed E-state index contributed by atoms with van der Waals surface area (Å²) < 4.78 is 6.14. The van der Waals surface area contributed by atoms with Crippen molar-refractivity contribution in [3.8, 4) is 5.75 Å². The van der Waals surface area contributed by atoms with Gasteiger partial charge in [0.05, 0.1) is 23.1 Å². The number of nitrogens with zero attached hydrogens (tertiary/aromatic N) is 2. The van der Waals surface area contributed by atoms with E-state index in [1.54, 1.807) is 18.4 Å². The Labute approximate surface area is 142 Å². The number of rotatable bonds is 6. The molecule has 0 unspecified atom stereocenters. The first-order valence-corrected chi connectivity index (χ1v) is 8.83. The van der Waals surface area contributed by atoms with Crippen LogP contribution < -0.4 is 10.1 Å². The second-order valence-corrected chi connectivity index (χ2v) is 6.61. The molecule has 2 heterocycles. The molecule has 1 amide bonds.